The van der Waals surface area contributed by atoms with Crippen molar-refractivity contribution in [2.45, 2.75) is 25.8 Å². The predicted molar refractivity (Wildman–Crippen MR) is 145 cm³/mol. The third-order valence-electron chi connectivity index (χ3n) is 6.76. The van der Waals surface area contributed by atoms with Crippen molar-refractivity contribution in [2.75, 3.05) is 25.6 Å². The number of aromatic nitrogens is 1. The van der Waals surface area contributed by atoms with Gasteiger partial charge in [0.1, 0.15) is 17.7 Å². The van der Waals surface area contributed by atoms with Gasteiger partial charge in [0.05, 0.1) is 30.6 Å². The van der Waals surface area contributed by atoms with Gasteiger partial charge >= 0.3 is 0 Å². The van der Waals surface area contributed by atoms with Crippen LogP contribution < -0.4 is 11.2 Å². The van der Waals surface area contributed by atoms with E-state index in [-0.39, 0.29) is 22.4 Å². The zero-order chi connectivity index (χ0) is 26.7. The van der Waals surface area contributed by atoms with E-state index in [1.54, 1.807) is 56.2 Å². The number of quaternary nitrogens is 1. The molecule has 2 atom stereocenters. The van der Waals surface area contributed by atoms with E-state index in [9.17, 15) is 9.59 Å². The van der Waals surface area contributed by atoms with Crippen molar-refractivity contribution in [3.63, 3.8) is 0 Å². The monoisotopic (exact) mass is 512 g/mol. The number of pyridine rings is 1. The Hall–Kier alpha value is -4.25. The number of rotatable bonds is 7. The molecule has 3 aliphatic heterocycles. The Morgan fingerprint density at radius 3 is 2.84 bits per heavy atom. The van der Waals surface area contributed by atoms with E-state index >= 15 is 0 Å². The molecule has 2 unspecified atom stereocenters. The first-order valence-corrected chi connectivity index (χ1v) is 12.4. The summed E-state index contributed by atoms with van der Waals surface area (Å²) in [7, 11) is 1.59. The molecule has 10 heteroatoms. The van der Waals surface area contributed by atoms with Crippen LogP contribution in [0.5, 0.6) is 0 Å². The van der Waals surface area contributed by atoms with Crippen LogP contribution >= 0.6 is 0 Å². The number of allylic oxidation sites excluding steroid dienone is 1. The number of hydrogen-bond acceptors (Lipinski definition) is 7. The molecule has 0 aliphatic carbocycles. The molecule has 3 N–H and O–H groups in total. The molecule has 1 aromatic heterocycles. The molecule has 0 spiro atoms. The van der Waals surface area contributed by atoms with Crippen molar-refractivity contribution in [3.8, 4) is 0 Å². The van der Waals surface area contributed by atoms with Crippen molar-refractivity contribution < 1.29 is 18.9 Å². The number of hydrogen-bond donors (Lipinski definition) is 2. The van der Waals surface area contributed by atoms with E-state index in [0.29, 0.717) is 30.4 Å². The van der Waals surface area contributed by atoms with Crippen LogP contribution in [0.4, 0.5) is 5.82 Å². The standard InChI is InChI=1S/C28H29N7O3/c1-19-11-12-31-24(17-19)32-28(37)21-9-7-20(8-10-21)27-33-26(23-18-30-13-15-35(23,27)29)22-5-3-14-34(22)25(36)6-4-16-38-2/h4,6-13,15,17-18,22H,3,5,14,16,29H2,1-2H3/p+1/b6-4+. The fraction of sp³-hybridized carbons (Fsp3) is 0.250. The number of likely N-dealkylation sites (tertiary alicyclic amines) is 1. The number of aliphatic imine (C=N–C) groups is 2. The van der Waals surface area contributed by atoms with Crippen LogP contribution in [-0.4, -0.2) is 64.6 Å². The van der Waals surface area contributed by atoms with E-state index in [1.165, 1.54) is 0 Å². The number of nitrogens with one attached hydrogen (secondary N) is 1. The summed E-state index contributed by atoms with van der Waals surface area (Å²) in [5.74, 6) is 7.63. The fourth-order valence-corrected chi connectivity index (χ4v) is 4.87. The summed E-state index contributed by atoms with van der Waals surface area (Å²) >= 11 is 0. The van der Waals surface area contributed by atoms with Crippen LogP contribution in [-0.2, 0) is 9.53 Å². The zero-order valence-electron chi connectivity index (χ0n) is 21.4. The minimum absolute atomic E-state index is 0.0850. The third-order valence-corrected chi connectivity index (χ3v) is 6.76. The van der Waals surface area contributed by atoms with E-state index in [2.05, 4.69) is 15.3 Å². The number of amidine groups is 1. The minimum Gasteiger partial charge on any atom is -0.381 e. The van der Waals surface area contributed by atoms with Gasteiger partial charge in [-0.2, -0.15) is 10.8 Å². The lowest BCUT2D eigenvalue weighted by molar-refractivity contribution is -0.750. The maximum atomic E-state index is 12.9. The highest BCUT2D eigenvalue weighted by Gasteiger charge is 2.48. The molecule has 0 radical (unpaired) electrons. The molecule has 0 saturated carbocycles. The van der Waals surface area contributed by atoms with Crippen molar-refractivity contribution >= 4 is 29.7 Å². The molecular weight excluding hydrogens is 482 g/mol. The Morgan fingerprint density at radius 1 is 1.26 bits per heavy atom. The Morgan fingerprint density at radius 2 is 2.08 bits per heavy atom. The first-order chi connectivity index (χ1) is 18.4. The summed E-state index contributed by atoms with van der Waals surface area (Å²) in [6, 6.07) is 10.6. The number of ether oxygens (including phenoxy) is 1. The zero-order valence-corrected chi connectivity index (χ0v) is 21.4. The van der Waals surface area contributed by atoms with Crippen LogP contribution in [0.25, 0.3) is 0 Å². The number of carbonyl (C=O) groups excluding carboxylic acids is 2. The van der Waals surface area contributed by atoms with Gasteiger partial charge in [-0.15, -0.1) is 4.59 Å². The second-order valence-electron chi connectivity index (χ2n) is 9.36. The number of amides is 2. The Bertz CT molecular complexity index is 1410. The number of anilines is 1. The topological polar surface area (TPSA) is 122 Å². The summed E-state index contributed by atoms with van der Waals surface area (Å²) in [6.45, 7) is 2.95. The number of benzene rings is 1. The number of nitrogens with two attached hydrogens (primary N) is 1. The number of carbonyl (C=O) groups is 2. The number of methoxy groups -OCH3 is 1. The molecule has 1 fully saturated rings. The van der Waals surface area contributed by atoms with Gasteiger partial charge in [-0.05, 0) is 61.7 Å². The molecule has 4 heterocycles. The van der Waals surface area contributed by atoms with Gasteiger partial charge in [0.25, 0.3) is 11.7 Å². The number of nitrogens with zero attached hydrogens (tertiary/aromatic N) is 5. The van der Waals surface area contributed by atoms with E-state index in [1.807, 2.05) is 36.1 Å². The Labute approximate surface area is 221 Å². The van der Waals surface area contributed by atoms with Crippen LogP contribution in [0.1, 0.15) is 34.3 Å². The first kappa shape index (κ1) is 25.4. The highest BCUT2D eigenvalue weighted by atomic mass is 16.5. The Kier molecular flexibility index (Phi) is 7.10. The molecular formula is C28H30N7O3+. The molecule has 3 aliphatic rings. The van der Waals surface area contributed by atoms with Gasteiger partial charge in [-0.25, -0.2) is 4.98 Å². The molecule has 0 bridgehead atoms. The predicted octanol–water partition coefficient (Wildman–Crippen LogP) is 3.05. The molecule has 194 valence electrons. The molecule has 2 aromatic rings. The average Bonchev–Trinajstić information content (AvgIpc) is 3.51. The highest BCUT2D eigenvalue weighted by molar-refractivity contribution is 6.05. The van der Waals surface area contributed by atoms with Crippen molar-refractivity contribution in [2.24, 2.45) is 15.8 Å². The molecule has 5 rings (SSSR count). The molecule has 2 amide bonds. The van der Waals surface area contributed by atoms with Gasteiger partial charge in [-0.1, -0.05) is 6.08 Å². The highest BCUT2D eigenvalue weighted by Crippen LogP contribution is 2.37. The van der Waals surface area contributed by atoms with Gasteiger partial charge in [0, 0.05) is 31.5 Å². The van der Waals surface area contributed by atoms with Crippen LogP contribution in [0.2, 0.25) is 0 Å². The molecule has 1 saturated heterocycles. The van der Waals surface area contributed by atoms with Crippen molar-refractivity contribution in [1.82, 2.24) is 9.88 Å². The largest absolute Gasteiger partial charge is 0.381 e. The minimum atomic E-state index is -0.259. The maximum absolute atomic E-state index is 12.9. The summed E-state index contributed by atoms with van der Waals surface area (Å²) < 4.78 is 4.87. The third kappa shape index (κ3) is 4.84. The first-order valence-electron chi connectivity index (χ1n) is 12.4. The van der Waals surface area contributed by atoms with Crippen LogP contribution in [0, 0.1) is 6.92 Å². The normalized spacial score (nSPS) is 22.2. The maximum Gasteiger partial charge on any atom is 0.264 e. The molecule has 1 aromatic carbocycles. The molecule has 38 heavy (non-hydrogen) atoms. The van der Waals surface area contributed by atoms with E-state index < -0.39 is 0 Å². The smallest absolute Gasteiger partial charge is 0.264 e. The van der Waals surface area contributed by atoms with Crippen LogP contribution in [0.3, 0.4) is 0 Å². The number of fused-ring (bicyclic) bond motifs is 1. The van der Waals surface area contributed by atoms with Crippen molar-refractivity contribution in [3.05, 3.63) is 95.2 Å². The lowest BCUT2D eigenvalue weighted by Gasteiger charge is -2.27. The lowest BCUT2D eigenvalue weighted by Crippen LogP contribution is -2.53. The van der Waals surface area contributed by atoms with E-state index in [4.69, 9.17) is 15.6 Å². The van der Waals surface area contributed by atoms with E-state index in [0.717, 1.165) is 35.4 Å². The summed E-state index contributed by atoms with van der Waals surface area (Å²) in [5, 5.41) is 2.82. The van der Waals surface area contributed by atoms with Crippen LogP contribution in [0.15, 0.2) is 88.5 Å². The van der Waals surface area contributed by atoms with Gasteiger partial charge in [0.15, 0.2) is 0 Å². The second-order valence-corrected chi connectivity index (χ2v) is 9.36. The average molecular weight is 513 g/mol. The van der Waals surface area contributed by atoms with Gasteiger partial charge in [0.2, 0.25) is 11.6 Å². The fourth-order valence-electron chi connectivity index (χ4n) is 4.87. The van der Waals surface area contributed by atoms with Gasteiger partial charge < -0.3 is 15.0 Å². The Balaban J connectivity index is 1.41. The summed E-state index contributed by atoms with van der Waals surface area (Å²) in [4.78, 5) is 41.0. The lowest BCUT2D eigenvalue weighted by atomic mass is 10.1. The SMILES string of the molecule is COC/C=C/C(=O)N1CCCC1C1=C2C=NC=C[N+]2(N)C(c2ccc(C(=O)Nc3cc(C)ccn3)cc2)=N1. The number of aryl methyl sites for hydroxylation is 1. The molecule has 10 nitrogen and oxygen atoms in total. The quantitative estimate of drug-likeness (QED) is 0.335. The van der Waals surface area contributed by atoms with Crippen molar-refractivity contribution in [1.29, 1.82) is 0 Å². The summed E-state index contributed by atoms with van der Waals surface area (Å²) in [5.41, 5.74) is 3.71. The second kappa shape index (κ2) is 10.6. The van der Waals surface area contributed by atoms with Gasteiger partial charge in [-0.3, -0.25) is 14.6 Å². The summed E-state index contributed by atoms with van der Waals surface area (Å²) in [6.07, 6.45) is 11.7.